The lowest BCUT2D eigenvalue weighted by molar-refractivity contribution is -0.116. The molecule has 0 radical (unpaired) electrons. The third-order valence-corrected chi connectivity index (χ3v) is 9.83. The van der Waals surface area contributed by atoms with Crippen LogP contribution in [0.1, 0.15) is 63.4 Å². The molecule has 2 N–H and O–H groups in total. The molecule has 5 rings (SSSR count). The van der Waals surface area contributed by atoms with E-state index in [2.05, 4.69) is 10.6 Å². The Labute approximate surface area is 265 Å². The number of esters is 1. The van der Waals surface area contributed by atoms with E-state index in [0.29, 0.717) is 21.3 Å². The highest BCUT2D eigenvalue weighted by atomic mass is 35.5. The number of amides is 2. The zero-order valence-electron chi connectivity index (χ0n) is 23.9. The molecule has 2 amide bonds. The lowest BCUT2D eigenvalue weighted by Gasteiger charge is -2.18. The molecular weight excluding hydrogens is 600 g/mol. The molecule has 0 saturated carbocycles. The number of benzene rings is 3. The van der Waals surface area contributed by atoms with Crippen molar-refractivity contribution in [3.8, 4) is 0 Å². The molecule has 0 aliphatic heterocycles. The highest BCUT2D eigenvalue weighted by Crippen LogP contribution is 2.41. The standard InChI is InChI=1S/C34H33ClN2O4S2/c1-2-41-34(40)30-27-14-7-4-8-15-28(27)43-33(30)37-32(39)31(23-10-5-3-6-11-23)42-26-13-9-12-25(21-26)36-29(38)20-22-16-18-24(35)19-17-22/h3,5-6,9-13,16-19,21,31H,2,4,7-8,14-15,20H2,1H3,(H,36,38)(H,37,39). The average molecular weight is 633 g/mol. The summed E-state index contributed by atoms with van der Waals surface area (Å²) in [5.74, 6) is -0.760. The number of nitrogens with one attached hydrogen (secondary N) is 2. The number of hydrogen-bond donors (Lipinski definition) is 2. The number of carbonyl (C=O) groups is 3. The minimum Gasteiger partial charge on any atom is -0.462 e. The third-order valence-electron chi connectivity index (χ3n) is 7.13. The maximum absolute atomic E-state index is 14.0. The number of rotatable bonds is 10. The number of ether oxygens (including phenoxy) is 1. The van der Waals surface area contributed by atoms with E-state index in [9.17, 15) is 14.4 Å². The van der Waals surface area contributed by atoms with Crippen molar-refractivity contribution in [2.24, 2.45) is 0 Å². The molecule has 1 aromatic heterocycles. The van der Waals surface area contributed by atoms with Gasteiger partial charge in [-0.25, -0.2) is 4.79 Å². The fraction of sp³-hybridized carbons (Fsp3) is 0.265. The molecule has 1 heterocycles. The molecule has 3 aromatic carbocycles. The highest BCUT2D eigenvalue weighted by molar-refractivity contribution is 8.00. The van der Waals surface area contributed by atoms with Crippen LogP contribution in [0.5, 0.6) is 0 Å². The van der Waals surface area contributed by atoms with Crippen LogP contribution in [0.3, 0.4) is 0 Å². The van der Waals surface area contributed by atoms with Gasteiger partial charge in [0.05, 0.1) is 18.6 Å². The summed E-state index contributed by atoms with van der Waals surface area (Å²) in [5.41, 5.74) is 3.85. The molecular formula is C34H33ClN2O4S2. The van der Waals surface area contributed by atoms with Crippen molar-refractivity contribution in [1.29, 1.82) is 0 Å². The number of halogens is 1. The van der Waals surface area contributed by atoms with Crippen LogP contribution in [0.2, 0.25) is 5.02 Å². The predicted octanol–water partition coefficient (Wildman–Crippen LogP) is 8.50. The highest BCUT2D eigenvalue weighted by Gasteiger charge is 2.29. The summed E-state index contributed by atoms with van der Waals surface area (Å²) in [6.45, 7) is 2.06. The number of fused-ring (bicyclic) bond motifs is 1. The fourth-order valence-electron chi connectivity index (χ4n) is 5.10. The Morgan fingerprint density at radius 3 is 2.47 bits per heavy atom. The van der Waals surface area contributed by atoms with Gasteiger partial charge in [0.15, 0.2) is 0 Å². The Kier molecular flexibility index (Phi) is 10.6. The van der Waals surface area contributed by atoms with Gasteiger partial charge in [0.25, 0.3) is 0 Å². The summed E-state index contributed by atoms with van der Waals surface area (Å²) in [4.78, 5) is 41.7. The Balaban J connectivity index is 1.37. The van der Waals surface area contributed by atoms with Crippen molar-refractivity contribution >= 4 is 63.2 Å². The molecule has 43 heavy (non-hydrogen) atoms. The van der Waals surface area contributed by atoms with E-state index in [4.69, 9.17) is 16.3 Å². The van der Waals surface area contributed by atoms with Crippen LogP contribution in [0.25, 0.3) is 0 Å². The van der Waals surface area contributed by atoms with Crippen molar-refractivity contribution in [3.63, 3.8) is 0 Å². The Morgan fingerprint density at radius 1 is 0.930 bits per heavy atom. The first-order chi connectivity index (χ1) is 20.9. The van der Waals surface area contributed by atoms with Gasteiger partial charge in [0.2, 0.25) is 11.8 Å². The molecule has 1 unspecified atom stereocenters. The number of anilines is 2. The molecule has 6 nitrogen and oxygen atoms in total. The number of thioether (sulfide) groups is 1. The van der Waals surface area contributed by atoms with Gasteiger partial charge in [-0.15, -0.1) is 23.1 Å². The van der Waals surface area contributed by atoms with Crippen LogP contribution in [0.4, 0.5) is 10.7 Å². The van der Waals surface area contributed by atoms with Gasteiger partial charge in [0.1, 0.15) is 10.3 Å². The lowest BCUT2D eigenvalue weighted by Crippen LogP contribution is -2.20. The largest absolute Gasteiger partial charge is 0.462 e. The van der Waals surface area contributed by atoms with Gasteiger partial charge < -0.3 is 15.4 Å². The third kappa shape index (κ3) is 8.07. The summed E-state index contributed by atoms with van der Waals surface area (Å²) in [6, 6.07) is 24.2. The van der Waals surface area contributed by atoms with E-state index in [1.54, 1.807) is 19.1 Å². The van der Waals surface area contributed by atoms with E-state index in [0.717, 1.165) is 58.6 Å². The number of aryl methyl sites for hydroxylation is 1. The van der Waals surface area contributed by atoms with E-state index in [1.165, 1.54) is 23.1 Å². The van der Waals surface area contributed by atoms with Crippen molar-refractivity contribution < 1.29 is 19.1 Å². The first kappa shape index (κ1) is 30.9. The molecule has 0 saturated heterocycles. The van der Waals surface area contributed by atoms with Crippen molar-refractivity contribution in [1.82, 2.24) is 0 Å². The summed E-state index contributed by atoms with van der Waals surface area (Å²) < 4.78 is 5.41. The van der Waals surface area contributed by atoms with Crippen LogP contribution in [-0.4, -0.2) is 24.4 Å². The Hall–Kier alpha value is -3.59. The number of hydrogen-bond acceptors (Lipinski definition) is 6. The molecule has 1 aliphatic rings. The minimum absolute atomic E-state index is 0.147. The van der Waals surface area contributed by atoms with Gasteiger partial charge >= 0.3 is 5.97 Å². The van der Waals surface area contributed by atoms with Crippen LogP contribution in [-0.2, 0) is 33.6 Å². The van der Waals surface area contributed by atoms with E-state index in [-0.39, 0.29) is 30.8 Å². The van der Waals surface area contributed by atoms with Crippen molar-refractivity contribution in [3.05, 3.63) is 111 Å². The molecule has 0 fully saturated rings. The van der Waals surface area contributed by atoms with E-state index < -0.39 is 5.25 Å². The second kappa shape index (κ2) is 14.7. The molecule has 9 heteroatoms. The van der Waals surface area contributed by atoms with E-state index >= 15 is 0 Å². The van der Waals surface area contributed by atoms with Crippen LogP contribution in [0, 0.1) is 0 Å². The van der Waals surface area contributed by atoms with Crippen LogP contribution >= 0.6 is 34.7 Å². The van der Waals surface area contributed by atoms with Crippen molar-refractivity contribution in [2.45, 2.75) is 55.6 Å². The SMILES string of the molecule is CCOC(=O)c1c(NC(=O)C(Sc2cccc(NC(=O)Cc3ccc(Cl)cc3)c2)c2ccccc2)sc2c1CCCCC2. The second-order valence-corrected chi connectivity index (χ2v) is 13.0. The predicted molar refractivity (Wildman–Crippen MR) is 175 cm³/mol. The molecule has 0 bridgehead atoms. The summed E-state index contributed by atoms with van der Waals surface area (Å²) in [5, 5.41) is 6.64. The molecule has 1 aliphatic carbocycles. The Bertz CT molecular complexity index is 1590. The summed E-state index contributed by atoms with van der Waals surface area (Å²) in [7, 11) is 0. The second-order valence-electron chi connectivity index (χ2n) is 10.3. The van der Waals surface area contributed by atoms with Gasteiger partial charge in [0, 0.05) is 20.5 Å². The first-order valence-corrected chi connectivity index (χ1v) is 16.5. The van der Waals surface area contributed by atoms with Crippen molar-refractivity contribution in [2.75, 3.05) is 17.2 Å². The maximum atomic E-state index is 14.0. The normalized spacial score (nSPS) is 13.3. The molecule has 0 spiro atoms. The minimum atomic E-state index is -0.599. The quantitative estimate of drug-likeness (QED) is 0.104. The van der Waals surface area contributed by atoms with Crippen LogP contribution in [0.15, 0.2) is 83.8 Å². The number of thiophene rings is 1. The fourth-order valence-corrected chi connectivity index (χ4v) is 7.59. The van der Waals surface area contributed by atoms with Gasteiger partial charge in [-0.3, -0.25) is 9.59 Å². The van der Waals surface area contributed by atoms with E-state index in [1.807, 2.05) is 66.7 Å². The summed E-state index contributed by atoms with van der Waals surface area (Å²) in [6.07, 6.45) is 5.13. The maximum Gasteiger partial charge on any atom is 0.341 e. The van der Waals surface area contributed by atoms with Gasteiger partial charge in [-0.2, -0.15) is 0 Å². The first-order valence-electron chi connectivity index (χ1n) is 14.4. The molecule has 1 atom stereocenters. The zero-order chi connectivity index (χ0) is 30.2. The smallest absolute Gasteiger partial charge is 0.341 e. The molecule has 222 valence electrons. The topological polar surface area (TPSA) is 84.5 Å². The summed E-state index contributed by atoms with van der Waals surface area (Å²) >= 11 is 8.84. The van der Waals surface area contributed by atoms with Crippen LogP contribution < -0.4 is 10.6 Å². The lowest BCUT2D eigenvalue weighted by atomic mass is 10.1. The monoisotopic (exact) mass is 632 g/mol. The number of carbonyl (C=O) groups excluding carboxylic acids is 3. The zero-order valence-corrected chi connectivity index (χ0v) is 26.2. The molecule has 4 aromatic rings. The van der Waals surface area contributed by atoms with Gasteiger partial charge in [-0.1, -0.05) is 66.6 Å². The average Bonchev–Trinajstić information content (AvgIpc) is 3.17. The van der Waals surface area contributed by atoms with Gasteiger partial charge in [-0.05, 0) is 79.6 Å². The Morgan fingerprint density at radius 2 is 1.70 bits per heavy atom.